The van der Waals surface area contributed by atoms with Crippen LogP contribution in [0.15, 0.2) is 34.0 Å². The number of hydroxylamine groups is 1. The number of nitrogens with one attached hydrogen (secondary N) is 1. The van der Waals surface area contributed by atoms with Gasteiger partial charge < -0.3 is 9.84 Å². The number of aromatic nitrogens is 2. The van der Waals surface area contributed by atoms with Gasteiger partial charge in [0, 0.05) is 13.6 Å². The molecule has 1 aromatic heterocycles. The van der Waals surface area contributed by atoms with Gasteiger partial charge in [-0.05, 0) is 37.1 Å². The molecule has 2 aromatic rings. The maximum absolute atomic E-state index is 13.2. The minimum absolute atomic E-state index is 0.100. The van der Waals surface area contributed by atoms with Crippen LogP contribution in [-0.4, -0.2) is 51.7 Å². The van der Waals surface area contributed by atoms with Gasteiger partial charge in [0.25, 0.3) is 5.91 Å². The Kier molecular flexibility index (Phi) is 5.19. The Morgan fingerprint density at radius 2 is 1.93 bits per heavy atom. The molecule has 1 unspecified atom stereocenters. The molecule has 0 saturated heterocycles. The van der Waals surface area contributed by atoms with Gasteiger partial charge in [-0.3, -0.25) is 19.1 Å². The first-order valence-electron chi connectivity index (χ1n) is 8.33. The molecule has 152 valence electrons. The predicted molar refractivity (Wildman–Crippen MR) is 95.5 cm³/mol. The smallest absolute Gasteiger partial charge is 0.332 e. The second-order valence-corrected chi connectivity index (χ2v) is 8.12. The SMILES string of the molecule is COc1ccc(S(=O)(=O)N2CCCc3c(O)n(C)c(=O)n3C2C(=O)NO)cc1. The van der Waals surface area contributed by atoms with E-state index in [-0.39, 0.29) is 35.9 Å². The molecule has 1 atom stereocenters. The molecule has 3 rings (SSSR count). The third kappa shape index (κ3) is 3.04. The number of nitrogens with zero attached hydrogens (tertiary/aromatic N) is 3. The van der Waals surface area contributed by atoms with Crippen LogP contribution >= 0.6 is 0 Å². The lowest BCUT2D eigenvalue weighted by Gasteiger charge is -2.28. The number of amides is 1. The predicted octanol–water partition coefficient (Wildman–Crippen LogP) is -0.458. The van der Waals surface area contributed by atoms with Crippen LogP contribution in [0.2, 0.25) is 0 Å². The van der Waals surface area contributed by atoms with E-state index in [1.165, 1.54) is 43.9 Å². The first-order chi connectivity index (χ1) is 13.2. The first kappa shape index (κ1) is 19.9. The van der Waals surface area contributed by atoms with Gasteiger partial charge in [-0.1, -0.05) is 0 Å². The third-order valence-electron chi connectivity index (χ3n) is 4.68. The Hall–Kier alpha value is -2.83. The van der Waals surface area contributed by atoms with Crippen LogP contribution in [-0.2, 0) is 28.3 Å². The van der Waals surface area contributed by atoms with Crippen molar-refractivity contribution >= 4 is 15.9 Å². The van der Waals surface area contributed by atoms with Crippen LogP contribution in [0, 0.1) is 0 Å². The van der Waals surface area contributed by atoms with Crippen molar-refractivity contribution in [1.29, 1.82) is 0 Å². The molecule has 11 nitrogen and oxygen atoms in total. The number of carbonyl (C=O) groups excluding carboxylic acids is 1. The summed E-state index contributed by atoms with van der Waals surface area (Å²) in [6.45, 7) is -0.100. The molecule has 12 heteroatoms. The summed E-state index contributed by atoms with van der Waals surface area (Å²) in [6.07, 6.45) is -1.28. The van der Waals surface area contributed by atoms with E-state index in [1.54, 1.807) is 0 Å². The molecular formula is C16H20N4O7S. The molecule has 0 fully saturated rings. The van der Waals surface area contributed by atoms with E-state index >= 15 is 0 Å². The van der Waals surface area contributed by atoms with E-state index in [1.807, 2.05) is 0 Å². The summed E-state index contributed by atoms with van der Waals surface area (Å²) in [6, 6.07) is 5.55. The molecule has 1 aromatic carbocycles. The van der Waals surface area contributed by atoms with Gasteiger partial charge in [0.15, 0.2) is 6.17 Å². The number of imidazole rings is 1. The molecule has 0 bridgehead atoms. The van der Waals surface area contributed by atoms with Crippen molar-refractivity contribution in [2.45, 2.75) is 23.9 Å². The molecule has 1 aliphatic heterocycles. The van der Waals surface area contributed by atoms with Crippen molar-refractivity contribution in [1.82, 2.24) is 18.9 Å². The molecule has 1 aliphatic rings. The summed E-state index contributed by atoms with van der Waals surface area (Å²) in [7, 11) is -1.48. The lowest BCUT2D eigenvalue weighted by Crippen LogP contribution is -2.48. The quantitative estimate of drug-likeness (QED) is 0.455. The van der Waals surface area contributed by atoms with Gasteiger partial charge in [0.05, 0.1) is 17.7 Å². The summed E-state index contributed by atoms with van der Waals surface area (Å²) >= 11 is 0. The number of rotatable bonds is 4. The van der Waals surface area contributed by atoms with Gasteiger partial charge in [-0.15, -0.1) is 0 Å². The molecule has 0 aliphatic carbocycles. The number of methoxy groups -OCH3 is 1. The standard InChI is InChI=1S/C16H20N4O7S/c1-18-15(22)12-4-3-9-19(14(13(21)17-24)20(12)16(18)23)28(25,26)11-7-5-10(27-2)6-8-11/h5-8,14,22,24H,3-4,9H2,1-2H3,(H,17,21). The van der Waals surface area contributed by atoms with Crippen LogP contribution in [0.1, 0.15) is 18.3 Å². The molecule has 28 heavy (non-hydrogen) atoms. The van der Waals surface area contributed by atoms with Crippen molar-refractivity contribution < 1.29 is 28.3 Å². The Balaban J connectivity index is 2.19. The van der Waals surface area contributed by atoms with Gasteiger partial charge >= 0.3 is 5.69 Å². The zero-order valence-electron chi connectivity index (χ0n) is 15.2. The molecule has 0 radical (unpaired) electrons. The first-order valence-corrected chi connectivity index (χ1v) is 9.77. The summed E-state index contributed by atoms with van der Waals surface area (Å²) in [5, 5.41) is 19.4. The number of benzene rings is 1. The van der Waals surface area contributed by atoms with E-state index in [9.17, 15) is 28.3 Å². The van der Waals surface area contributed by atoms with E-state index in [4.69, 9.17) is 4.74 Å². The lowest BCUT2D eigenvalue weighted by molar-refractivity contribution is -0.136. The minimum Gasteiger partial charge on any atom is -0.497 e. The summed E-state index contributed by atoms with van der Waals surface area (Å²) in [5.74, 6) is -1.02. The van der Waals surface area contributed by atoms with Crippen LogP contribution in [0.25, 0.3) is 0 Å². The molecule has 2 heterocycles. The van der Waals surface area contributed by atoms with Gasteiger partial charge in [-0.25, -0.2) is 18.7 Å². The number of fused-ring (bicyclic) bond motifs is 1. The second kappa shape index (κ2) is 7.30. The highest BCUT2D eigenvalue weighted by Crippen LogP contribution is 2.31. The molecular weight excluding hydrogens is 392 g/mol. The minimum atomic E-state index is -4.22. The number of aromatic hydroxyl groups is 1. The maximum atomic E-state index is 13.2. The number of sulfonamides is 1. The Labute approximate surface area is 160 Å². The molecule has 0 saturated carbocycles. The van der Waals surface area contributed by atoms with E-state index in [2.05, 4.69) is 0 Å². The van der Waals surface area contributed by atoms with Crippen LogP contribution < -0.4 is 15.9 Å². The fourth-order valence-electron chi connectivity index (χ4n) is 3.25. The number of hydrogen-bond donors (Lipinski definition) is 3. The van der Waals surface area contributed by atoms with Crippen LogP contribution in [0.4, 0.5) is 0 Å². The van der Waals surface area contributed by atoms with Crippen molar-refractivity contribution in [3.05, 3.63) is 40.4 Å². The van der Waals surface area contributed by atoms with Gasteiger partial charge in [0.2, 0.25) is 15.9 Å². The van der Waals surface area contributed by atoms with Crippen molar-refractivity contribution in [2.24, 2.45) is 7.05 Å². The Morgan fingerprint density at radius 1 is 1.29 bits per heavy atom. The number of hydrogen-bond acceptors (Lipinski definition) is 7. The molecule has 1 amide bonds. The van der Waals surface area contributed by atoms with Gasteiger partial charge in [-0.2, -0.15) is 4.31 Å². The molecule has 0 spiro atoms. The summed E-state index contributed by atoms with van der Waals surface area (Å²) in [5.41, 5.74) is 0.755. The maximum Gasteiger partial charge on any atom is 0.332 e. The van der Waals surface area contributed by atoms with Crippen molar-refractivity contribution in [3.63, 3.8) is 0 Å². The largest absolute Gasteiger partial charge is 0.497 e. The Morgan fingerprint density at radius 3 is 2.50 bits per heavy atom. The lowest BCUT2D eigenvalue weighted by atomic mass is 10.2. The highest BCUT2D eigenvalue weighted by atomic mass is 32.2. The molecule has 3 N–H and O–H groups in total. The summed E-state index contributed by atoms with van der Waals surface area (Å²) in [4.78, 5) is 24.9. The van der Waals surface area contributed by atoms with E-state index in [0.717, 1.165) is 13.4 Å². The van der Waals surface area contributed by atoms with Crippen LogP contribution in [0.3, 0.4) is 0 Å². The monoisotopic (exact) mass is 412 g/mol. The Bertz CT molecular complexity index is 1060. The van der Waals surface area contributed by atoms with E-state index in [0.29, 0.717) is 5.75 Å². The van der Waals surface area contributed by atoms with Crippen LogP contribution in [0.5, 0.6) is 11.6 Å². The zero-order chi connectivity index (χ0) is 20.6. The average molecular weight is 412 g/mol. The average Bonchev–Trinajstić information content (AvgIpc) is 2.86. The second-order valence-electron chi connectivity index (χ2n) is 6.23. The fourth-order valence-corrected chi connectivity index (χ4v) is 4.82. The fraction of sp³-hybridized carbons (Fsp3) is 0.375. The van der Waals surface area contributed by atoms with Gasteiger partial charge in [0.1, 0.15) is 5.75 Å². The summed E-state index contributed by atoms with van der Waals surface area (Å²) < 4.78 is 34.1. The highest BCUT2D eigenvalue weighted by Gasteiger charge is 2.42. The van der Waals surface area contributed by atoms with E-state index < -0.39 is 27.8 Å². The van der Waals surface area contributed by atoms with Crippen molar-refractivity contribution in [3.8, 4) is 11.6 Å². The third-order valence-corrected chi connectivity index (χ3v) is 6.55. The topological polar surface area (TPSA) is 143 Å². The number of carbonyl (C=O) groups is 1. The van der Waals surface area contributed by atoms with Crippen molar-refractivity contribution in [2.75, 3.05) is 13.7 Å². The zero-order valence-corrected chi connectivity index (χ0v) is 16.0. The highest BCUT2D eigenvalue weighted by molar-refractivity contribution is 7.89. The number of ether oxygens (including phenoxy) is 1. The normalized spacial score (nSPS) is 17.6.